The third kappa shape index (κ3) is 5.10. The number of aromatic nitrogens is 2. The molecule has 28 heavy (non-hydrogen) atoms. The Balaban J connectivity index is 1.62. The molecule has 0 saturated carbocycles. The van der Waals surface area contributed by atoms with Gasteiger partial charge in [0.2, 0.25) is 11.8 Å². The molecule has 8 heteroatoms. The monoisotopic (exact) mass is 380 g/mol. The van der Waals surface area contributed by atoms with Crippen LogP contribution in [-0.2, 0) is 0 Å². The van der Waals surface area contributed by atoms with Gasteiger partial charge >= 0.3 is 12.0 Å². The minimum Gasteiger partial charge on any atom is -0.481 e. The van der Waals surface area contributed by atoms with E-state index in [-0.39, 0.29) is 12.0 Å². The minimum atomic E-state index is -0.333. The van der Waals surface area contributed by atoms with Crippen LogP contribution in [0, 0.1) is 6.92 Å². The Kier molecular flexibility index (Phi) is 5.91. The maximum absolute atomic E-state index is 12.1. The second kappa shape index (κ2) is 8.72. The molecule has 2 N–H and O–H groups in total. The standard InChI is InChI=1S/C20H20N4O4/c1-13-5-4-6-15(11-13)22-19(25)21-14-7-9-16(10-8-14)28-20-23-17(26-2)12-18(24-20)27-3/h4-12H,1-3H3,(H2,21,22,25). The smallest absolute Gasteiger partial charge is 0.328 e. The van der Waals surface area contributed by atoms with E-state index in [1.807, 2.05) is 31.2 Å². The third-order valence-electron chi connectivity index (χ3n) is 3.67. The van der Waals surface area contributed by atoms with Crippen molar-refractivity contribution in [3.8, 4) is 23.5 Å². The van der Waals surface area contributed by atoms with Crippen molar-refractivity contribution in [1.82, 2.24) is 9.97 Å². The lowest BCUT2D eigenvalue weighted by Crippen LogP contribution is -2.19. The Bertz CT molecular complexity index is 938. The van der Waals surface area contributed by atoms with E-state index < -0.39 is 0 Å². The molecule has 0 radical (unpaired) electrons. The van der Waals surface area contributed by atoms with Crippen LogP contribution >= 0.6 is 0 Å². The normalized spacial score (nSPS) is 10.1. The first kappa shape index (κ1) is 19.0. The molecule has 1 heterocycles. The largest absolute Gasteiger partial charge is 0.481 e. The summed E-state index contributed by atoms with van der Waals surface area (Å²) in [5.41, 5.74) is 2.40. The topological polar surface area (TPSA) is 94.6 Å². The maximum atomic E-state index is 12.1. The van der Waals surface area contributed by atoms with Crippen molar-refractivity contribution < 1.29 is 19.0 Å². The second-order valence-corrected chi connectivity index (χ2v) is 5.81. The van der Waals surface area contributed by atoms with Crippen molar-refractivity contribution in [1.29, 1.82) is 0 Å². The molecule has 0 aliphatic carbocycles. The number of ether oxygens (including phenoxy) is 3. The predicted molar refractivity (Wildman–Crippen MR) is 105 cm³/mol. The lowest BCUT2D eigenvalue weighted by atomic mass is 10.2. The second-order valence-electron chi connectivity index (χ2n) is 5.81. The highest BCUT2D eigenvalue weighted by molar-refractivity contribution is 5.99. The number of benzene rings is 2. The van der Waals surface area contributed by atoms with Crippen molar-refractivity contribution in [2.24, 2.45) is 0 Å². The average Bonchev–Trinajstić information content (AvgIpc) is 2.69. The summed E-state index contributed by atoms with van der Waals surface area (Å²) in [5.74, 6) is 1.15. The Morgan fingerprint density at radius 2 is 1.50 bits per heavy atom. The molecule has 1 aromatic heterocycles. The van der Waals surface area contributed by atoms with E-state index >= 15 is 0 Å². The Morgan fingerprint density at radius 1 is 0.857 bits per heavy atom. The maximum Gasteiger partial charge on any atom is 0.328 e. The number of nitrogens with zero attached hydrogens (tertiary/aromatic N) is 2. The molecule has 8 nitrogen and oxygen atoms in total. The molecule has 3 rings (SSSR count). The van der Waals surface area contributed by atoms with Gasteiger partial charge in [-0.05, 0) is 48.9 Å². The molecule has 0 aliphatic heterocycles. The van der Waals surface area contributed by atoms with Gasteiger partial charge < -0.3 is 24.8 Å². The van der Waals surface area contributed by atoms with Crippen LogP contribution in [0.25, 0.3) is 0 Å². The van der Waals surface area contributed by atoms with Crippen molar-refractivity contribution >= 4 is 17.4 Å². The number of carbonyl (C=O) groups excluding carboxylic acids is 1. The molecule has 0 atom stereocenters. The van der Waals surface area contributed by atoms with Crippen molar-refractivity contribution in [2.45, 2.75) is 6.92 Å². The average molecular weight is 380 g/mol. The molecule has 0 unspecified atom stereocenters. The fourth-order valence-corrected chi connectivity index (χ4v) is 2.37. The highest BCUT2D eigenvalue weighted by Crippen LogP contribution is 2.24. The molecule has 2 aromatic carbocycles. The molecule has 2 amide bonds. The number of nitrogens with one attached hydrogen (secondary N) is 2. The number of rotatable bonds is 6. The Morgan fingerprint density at radius 3 is 2.11 bits per heavy atom. The van der Waals surface area contributed by atoms with Crippen molar-refractivity contribution in [3.63, 3.8) is 0 Å². The van der Waals surface area contributed by atoms with Gasteiger partial charge in [-0.3, -0.25) is 0 Å². The summed E-state index contributed by atoms with van der Waals surface area (Å²) < 4.78 is 15.8. The molecule has 0 spiro atoms. The highest BCUT2D eigenvalue weighted by atomic mass is 16.5. The summed E-state index contributed by atoms with van der Waals surface area (Å²) in [6.07, 6.45) is 0. The van der Waals surface area contributed by atoms with E-state index in [2.05, 4.69) is 20.6 Å². The first-order valence-corrected chi connectivity index (χ1v) is 8.45. The zero-order valence-corrected chi connectivity index (χ0v) is 15.7. The van der Waals surface area contributed by atoms with Gasteiger partial charge in [0, 0.05) is 11.4 Å². The van der Waals surface area contributed by atoms with Gasteiger partial charge in [0.1, 0.15) is 5.75 Å². The van der Waals surface area contributed by atoms with Gasteiger partial charge in [-0.15, -0.1) is 0 Å². The van der Waals surface area contributed by atoms with Crippen LogP contribution in [0.2, 0.25) is 0 Å². The number of anilines is 2. The first-order chi connectivity index (χ1) is 13.6. The Labute approximate surface area is 162 Å². The first-order valence-electron chi connectivity index (χ1n) is 8.45. The molecule has 0 fully saturated rings. The van der Waals surface area contributed by atoms with E-state index in [9.17, 15) is 4.79 Å². The number of hydrogen-bond donors (Lipinski definition) is 2. The molecule has 144 valence electrons. The number of carbonyl (C=O) groups is 1. The number of urea groups is 1. The van der Waals surface area contributed by atoms with Gasteiger partial charge in [-0.2, -0.15) is 9.97 Å². The van der Waals surface area contributed by atoms with Gasteiger partial charge in [-0.25, -0.2) is 4.79 Å². The van der Waals surface area contributed by atoms with Crippen molar-refractivity contribution in [2.75, 3.05) is 24.9 Å². The number of aryl methyl sites for hydroxylation is 1. The molecule has 0 aliphatic rings. The summed E-state index contributed by atoms with van der Waals surface area (Å²) in [7, 11) is 2.99. The lowest BCUT2D eigenvalue weighted by molar-refractivity contribution is 0.262. The SMILES string of the molecule is COc1cc(OC)nc(Oc2ccc(NC(=O)Nc3cccc(C)c3)cc2)n1. The van der Waals surface area contributed by atoms with E-state index in [0.29, 0.717) is 23.2 Å². The fraction of sp³-hybridized carbons (Fsp3) is 0.150. The molecule has 0 bridgehead atoms. The predicted octanol–water partition coefficient (Wildman–Crippen LogP) is 4.24. The summed E-state index contributed by atoms with van der Waals surface area (Å²) in [5, 5.41) is 5.54. The molecular formula is C20H20N4O4. The van der Waals surface area contributed by atoms with Crippen LogP contribution < -0.4 is 24.8 Å². The summed E-state index contributed by atoms with van der Waals surface area (Å²) in [4.78, 5) is 20.3. The van der Waals surface area contributed by atoms with Gasteiger partial charge in [0.05, 0.1) is 20.3 Å². The van der Waals surface area contributed by atoms with Crippen LogP contribution in [0.3, 0.4) is 0 Å². The van der Waals surface area contributed by atoms with Gasteiger partial charge in [-0.1, -0.05) is 12.1 Å². The minimum absolute atomic E-state index is 0.0918. The molecule has 3 aromatic rings. The van der Waals surface area contributed by atoms with Gasteiger partial charge in [0.25, 0.3) is 0 Å². The van der Waals surface area contributed by atoms with Gasteiger partial charge in [0.15, 0.2) is 0 Å². The van der Waals surface area contributed by atoms with Crippen LogP contribution in [-0.4, -0.2) is 30.2 Å². The zero-order chi connectivity index (χ0) is 19.9. The van der Waals surface area contributed by atoms with Crippen LogP contribution in [0.1, 0.15) is 5.56 Å². The van der Waals surface area contributed by atoms with Crippen LogP contribution in [0.15, 0.2) is 54.6 Å². The van der Waals surface area contributed by atoms with E-state index in [1.165, 1.54) is 14.2 Å². The number of hydrogen-bond acceptors (Lipinski definition) is 6. The third-order valence-corrected chi connectivity index (χ3v) is 3.67. The fourth-order valence-electron chi connectivity index (χ4n) is 2.37. The quantitative estimate of drug-likeness (QED) is 0.664. The van der Waals surface area contributed by atoms with Crippen LogP contribution in [0.5, 0.6) is 23.5 Å². The highest BCUT2D eigenvalue weighted by Gasteiger charge is 2.08. The van der Waals surface area contributed by atoms with Crippen molar-refractivity contribution in [3.05, 3.63) is 60.2 Å². The molecular weight excluding hydrogens is 360 g/mol. The molecule has 0 saturated heterocycles. The van der Waals surface area contributed by atoms with E-state index in [4.69, 9.17) is 14.2 Å². The summed E-state index contributed by atoms with van der Waals surface area (Å²) in [6.45, 7) is 1.96. The zero-order valence-electron chi connectivity index (χ0n) is 15.7. The van der Waals surface area contributed by atoms with E-state index in [0.717, 1.165) is 11.3 Å². The number of methoxy groups -OCH3 is 2. The summed E-state index contributed by atoms with van der Waals surface area (Å²) in [6, 6.07) is 15.7. The van der Waals surface area contributed by atoms with E-state index in [1.54, 1.807) is 30.3 Å². The summed E-state index contributed by atoms with van der Waals surface area (Å²) >= 11 is 0. The number of amides is 2. The lowest BCUT2D eigenvalue weighted by Gasteiger charge is -2.10. The van der Waals surface area contributed by atoms with Crippen LogP contribution in [0.4, 0.5) is 16.2 Å². The Hall–Kier alpha value is -3.81.